The van der Waals surface area contributed by atoms with Gasteiger partial charge in [0.1, 0.15) is 23.3 Å². The second-order valence-electron chi connectivity index (χ2n) is 13.9. The van der Waals surface area contributed by atoms with Crippen LogP contribution in [0.3, 0.4) is 0 Å². The lowest BCUT2D eigenvalue weighted by molar-refractivity contribution is -0.0660. The molecule has 2 aliphatic heterocycles. The Balaban J connectivity index is 1.07. The molecule has 0 atom stereocenters. The molecule has 48 heavy (non-hydrogen) atoms. The molecular formula is C35H39N9O4. The molecule has 5 aromatic rings. The predicted octanol–water partition coefficient (Wildman–Crippen LogP) is 2.52. The van der Waals surface area contributed by atoms with Crippen LogP contribution in [-0.4, -0.2) is 84.2 Å². The molecule has 2 N–H and O–H groups in total. The first-order valence-electron chi connectivity index (χ1n) is 16.4. The maximum Gasteiger partial charge on any atom is 0.297 e. The van der Waals surface area contributed by atoms with Crippen LogP contribution in [0.4, 0.5) is 17.2 Å². The van der Waals surface area contributed by atoms with Gasteiger partial charge in [0, 0.05) is 62.4 Å². The number of aliphatic hydroxyl groups is 1. The van der Waals surface area contributed by atoms with E-state index in [9.17, 15) is 14.7 Å². The van der Waals surface area contributed by atoms with E-state index in [1.54, 1.807) is 37.9 Å². The van der Waals surface area contributed by atoms with Crippen molar-refractivity contribution in [2.24, 2.45) is 12.5 Å². The quantitative estimate of drug-likeness (QED) is 0.271. The summed E-state index contributed by atoms with van der Waals surface area (Å²) in [4.78, 5) is 40.9. The van der Waals surface area contributed by atoms with Crippen LogP contribution in [0, 0.1) is 5.41 Å². The molecular weight excluding hydrogens is 610 g/mol. The van der Waals surface area contributed by atoms with Gasteiger partial charge in [-0.25, -0.2) is 9.97 Å². The van der Waals surface area contributed by atoms with Gasteiger partial charge in [0.25, 0.3) is 11.1 Å². The van der Waals surface area contributed by atoms with Crippen molar-refractivity contribution in [1.82, 2.24) is 33.6 Å². The predicted molar refractivity (Wildman–Crippen MR) is 182 cm³/mol. The molecule has 0 radical (unpaired) electrons. The smallest absolute Gasteiger partial charge is 0.297 e. The summed E-state index contributed by atoms with van der Waals surface area (Å²) in [6.45, 7) is 9.56. The molecule has 0 unspecified atom stereocenters. The molecule has 1 aliphatic carbocycles. The first-order valence-corrected chi connectivity index (χ1v) is 16.4. The van der Waals surface area contributed by atoms with Crippen molar-refractivity contribution >= 4 is 22.7 Å². The summed E-state index contributed by atoms with van der Waals surface area (Å²) in [5.74, 6) is 0.786. The number of anilines is 3. The van der Waals surface area contributed by atoms with Crippen LogP contribution in [0.15, 0.2) is 64.8 Å². The molecule has 0 spiro atoms. The molecule has 8 rings (SSSR count). The van der Waals surface area contributed by atoms with Crippen molar-refractivity contribution < 1.29 is 9.84 Å². The molecule has 2 saturated heterocycles. The van der Waals surface area contributed by atoms with Crippen LogP contribution in [-0.2, 0) is 31.2 Å². The molecule has 0 bridgehead atoms. The Kier molecular flexibility index (Phi) is 7.42. The SMILES string of the molecule is Cn1cc(-c2ccnc(-n3ncn4c5c(cc4c3=O)CC(C)(C)C5)c2CO)cc(Nc2ccc(N3CCN(C4COC4)CC3)cn2)c1=O. The standard InChI is InChI=1S/C35H39N9O4/c1-35(2)14-22-13-29-34(47)44(38-21-43(29)30(22)15-35)32-27(18-45)26(6-7-36-32)23-12-28(33(46)40(3)17-23)39-31-5-4-24(16-37-31)41-8-10-42(11-9-41)25-19-48-20-25/h4-7,12-13,16-17,21,25,45H,8-11,14-15,18-20H2,1-3H3,(H,37,39). The highest BCUT2D eigenvalue weighted by Crippen LogP contribution is 2.37. The lowest BCUT2D eigenvalue weighted by Crippen LogP contribution is -2.56. The first-order chi connectivity index (χ1) is 23.2. The summed E-state index contributed by atoms with van der Waals surface area (Å²) in [6, 6.07) is 9.89. The van der Waals surface area contributed by atoms with Crippen molar-refractivity contribution in [1.29, 1.82) is 0 Å². The fourth-order valence-corrected chi connectivity index (χ4v) is 7.32. The Morgan fingerprint density at radius 2 is 1.83 bits per heavy atom. The zero-order valence-electron chi connectivity index (χ0n) is 27.4. The van der Waals surface area contributed by atoms with Crippen molar-refractivity contribution in [3.8, 4) is 16.9 Å². The minimum atomic E-state index is -0.388. The van der Waals surface area contributed by atoms with Gasteiger partial charge in [0.15, 0.2) is 5.82 Å². The molecule has 13 heteroatoms. The van der Waals surface area contributed by atoms with Crippen molar-refractivity contribution in [2.45, 2.75) is 39.3 Å². The molecule has 248 valence electrons. The second-order valence-corrected chi connectivity index (χ2v) is 13.9. The fourth-order valence-electron chi connectivity index (χ4n) is 7.32. The fraction of sp³-hybridized carbons (Fsp3) is 0.400. The van der Waals surface area contributed by atoms with Crippen LogP contribution in [0.1, 0.15) is 30.7 Å². The topological polar surface area (TPSA) is 135 Å². The molecule has 2 fully saturated rings. The minimum Gasteiger partial charge on any atom is -0.392 e. The van der Waals surface area contributed by atoms with Gasteiger partial charge < -0.3 is 24.6 Å². The van der Waals surface area contributed by atoms with E-state index in [2.05, 4.69) is 44.0 Å². The number of piperazine rings is 1. The minimum absolute atomic E-state index is 0.144. The molecule has 7 heterocycles. The van der Waals surface area contributed by atoms with Gasteiger partial charge in [-0.3, -0.25) is 18.9 Å². The monoisotopic (exact) mass is 649 g/mol. The Morgan fingerprint density at radius 1 is 1.02 bits per heavy atom. The zero-order valence-corrected chi connectivity index (χ0v) is 27.4. The number of pyridine rings is 3. The van der Waals surface area contributed by atoms with E-state index in [1.807, 2.05) is 28.8 Å². The number of fused-ring (bicyclic) bond motifs is 3. The second kappa shape index (κ2) is 11.7. The van der Waals surface area contributed by atoms with Crippen LogP contribution in [0.2, 0.25) is 0 Å². The third-order valence-electron chi connectivity index (χ3n) is 9.95. The summed E-state index contributed by atoms with van der Waals surface area (Å²) in [5, 5.41) is 18.3. The Hall–Kier alpha value is -4.85. The van der Waals surface area contributed by atoms with Gasteiger partial charge in [-0.15, -0.1) is 0 Å². The number of rotatable bonds is 7. The maximum absolute atomic E-state index is 13.7. The van der Waals surface area contributed by atoms with Gasteiger partial charge >= 0.3 is 0 Å². The Bertz CT molecular complexity index is 2140. The molecule has 0 aromatic carbocycles. The maximum atomic E-state index is 13.7. The number of nitrogens with one attached hydrogen (secondary N) is 1. The summed E-state index contributed by atoms with van der Waals surface area (Å²) < 4.78 is 9.96. The van der Waals surface area contributed by atoms with Crippen LogP contribution in [0.25, 0.3) is 22.5 Å². The van der Waals surface area contributed by atoms with E-state index in [1.165, 1.54) is 9.25 Å². The normalized spacial score (nSPS) is 17.9. The van der Waals surface area contributed by atoms with Crippen LogP contribution < -0.4 is 21.3 Å². The van der Waals surface area contributed by atoms with Crippen molar-refractivity contribution in [2.75, 3.05) is 49.6 Å². The lowest BCUT2D eigenvalue weighted by atomic mass is 9.90. The summed E-state index contributed by atoms with van der Waals surface area (Å²) >= 11 is 0. The summed E-state index contributed by atoms with van der Waals surface area (Å²) in [6.07, 6.45) is 8.55. The van der Waals surface area contributed by atoms with Crippen molar-refractivity contribution in [3.05, 3.63) is 92.8 Å². The first kappa shape index (κ1) is 30.5. The third kappa shape index (κ3) is 5.27. The number of ether oxygens (including phenoxy) is 1. The highest BCUT2D eigenvalue weighted by atomic mass is 16.5. The summed E-state index contributed by atoms with van der Waals surface area (Å²) in [7, 11) is 1.68. The third-order valence-corrected chi connectivity index (χ3v) is 9.95. The number of hydrogen-bond acceptors (Lipinski definition) is 10. The highest BCUT2D eigenvalue weighted by Gasteiger charge is 2.32. The van der Waals surface area contributed by atoms with Gasteiger partial charge in [-0.05, 0) is 59.7 Å². The van der Waals surface area contributed by atoms with Gasteiger partial charge in [0.05, 0.1) is 37.7 Å². The molecule has 5 aromatic heterocycles. The molecule has 3 aliphatic rings. The highest BCUT2D eigenvalue weighted by molar-refractivity contribution is 5.73. The summed E-state index contributed by atoms with van der Waals surface area (Å²) in [5.41, 5.74) is 5.50. The van der Waals surface area contributed by atoms with Crippen LogP contribution in [0.5, 0.6) is 0 Å². The van der Waals surface area contributed by atoms with E-state index in [-0.39, 0.29) is 29.0 Å². The largest absolute Gasteiger partial charge is 0.392 e. The number of hydrogen-bond donors (Lipinski definition) is 2. The van der Waals surface area contributed by atoms with E-state index < -0.39 is 0 Å². The van der Waals surface area contributed by atoms with Gasteiger partial charge in [0.2, 0.25) is 0 Å². The van der Waals surface area contributed by atoms with Gasteiger partial charge in [-0.1, -0.05) is 13.8 Å². The lowest BCUT2D eigenvalue weighted by Gasteiger charge is -2.43. The molecule has 0 saturated carbocycles. The Labute approximate surface area is 277 Å². The van der Waals surface area contributed by atoms with E-state index in [0.717, 1.165) is 69.2 Å². The Morgan fingerprint density at radius 3 is 2.54 bits per heavy atom. The molecule has 13 nitrogen and oxygen atoms in total. The zero-order chi connectivity index (χ0) is 33.2. The number of aromatic nitrogens is 6. The molecule has 0 amide bonds. The number of aryl methyl sites for hydroxylation is 1. The average molecular weight is 650 g/mol. The number of nitrogens with zero attached hydrogens (tertiary/aromatic N) is 8. The van der Waals surface area contributed by atoms with Gasteiger partial charge in [-0.2, -0.15) is 9.78 Å². The van der Waals surface area contributed by atoms with E-state index in [4.69, 9.17) is 4.74 Å². The average Bonchev–Trinajstić information content (AvgIpc) is 3.55. The van der Waals surface area contributed by atoms with E-state index >= 15 is 0 Å². The van der Waals surface area contributed by atoms with Crippen molar-refractivity contribution in [3.63, 3.8) is 0 Å². The van der Waals surface area contributed by atoms with E-state index in [0.29, 0.717) is 39.8 Å². The number of aliphatic hydroxyl groups excluding tert-OH is 1. The van der Waals surface area contributed by atoms with Crippen LogP contribution >= 0.6 is 0 Å².